The number of carbonyl (C=O) groups excluding carboxylic acids is 2. The van der Waals surface area contributed by atoms with E-state index in [0.717, 1.165) is 12.0 Å². The van der Waals surface area contributed by atoms with Crippen molar-refractivity contribution in [3.8, 4) is 0 Å². The van der Waals surface area contributed by atoms with E-state index in [9.17, 15) is 14.0 Å². The first-order valence-corrected chi connectivity index (χ1v) is 8.45. The van der Waals surface area contributed by atoms with Crippen LogP contribution >= 0.6 is 0 Å². The molecule has 1 aromatic rings. The van der Waals surface area contributed by atoms with Gasteiger partial charge in [-0.1, -0.05) is 12.1 Å². The minimum absolute atomic E-state index is 0.0479. The summed E-state index contributed by atoms with van der Waals surface area (Å²) in [7, 11) is 0. The standard InChI is InChI=1S/C18H26FN3O2/c1-13(2)22-11-10-21(12-16(22)18(20)24)17(23)5-3-4-14-6-8-15(19)9-7-14/h6-9,13,16H,3-5,10-12H2,1-2H3,(H2,20,24)/t16-/m1/s1. The average Bonchev–Trinajstić information content (AvgIpc) is 2.55. The molecule has 0 aliphatic carbocycles. The Kier molecular flexibility index (Phi) is 6.31. The first-order valence-electron chi connectivity index (χ1n) is 8.45. The number of hydrogen-bond donors (Lipinski definition) is 1. The molecule has 0 aromatic heterocycles. The predicted octanol–water partition coefficient (Wildman–Crippen LogP) is 1.55. The Labute approximate surface area is 142 Å². The molecule has 2 N–H and O–H groups in total. The lowest BCUT2D eigenvalue weighted by molar-refractivity contribution is -0.138. The number of nitrogens with two attached hydrogens (primary N) is 1. The van der Waals surface area contributed by atoms with Crippen molar-refractivity contribution in [2.45, 2.75) is 45.2 Å². The maximum absolute atomic E-state index is 12.9. The van der Waals surface area contributed by atoms with Gasteiger partial charge in [0.1, 0.15) is 11.9 Å². The van der Waals surface area contributed by atoms with Crippen LogP contribution in [0.1, 0.15) is 32.3 Å². The van der Waals surface area contributed by atoms with E-state index in [4.69, 9.17) is 5.73 Å². The number of nitrogens with zero attached hydrogens (tertiary/aromatic N) is 2. The molecule has 1 aliphatic rings. The molecule has 0 bridgehead atoms. The van der Waals surface area contributed by atoms with Gasteiger partial charge in [0.05, 0.1) is 0 Å². The van der Waals surface area contributed by atoms with Crippen molar-refractivity contribution in [3.05, 3.63) is 35.6 Å². The van der Waals surface area contributed by atoms with Crippen LogP contribution in [0.4, 0.5) is 4.39 Å². The molecule has 6 heteroatoms. The summed E-state index contributed by atoms with van der Waals surface area (Å²) in [6, 6.07) is 6.15. The van der Waals surface area contributed by atoms with Gasteiger partial charge in [-0.15, -0.1) is 0 Å². The SMILES string of the molecule is CC(C)N1CCN(C(=O)CCCc2ccc(F)cc2)C[C@@H]1C(N)=O. The fraction of sp³-hybridized carbons (Fsp3) is 0.556. The van der Waals surface area contributed by atoms with E-state index in [1.165, 1.54) is 12.1 Å². The molecule has 24 heavy (non-hydrogen) atoms. The zero-order valence-electron chi connectivity index (χ0n) is 14.4. The minimum Gasteiger partial charge on any atom is -0.368 e. The van der Waals surface area contributed by atoms with Gasteiger partial charge in [0, 0.05) is 32.1 Å². The zero-order chi connectivity index (χ0) is 17.7. The molecular formula is C18H26FN3O2. The fourth-order valence-electron chi connectivity index (χ4n) is 3.15. The topological polar surface area (TPSA) is 66.6 Å². The largest absolute Gasteiger partial charge is 0.368 e. The fourth-order valence-corrected chi connectivity index (χ4v) is 3.15. The van der Waals surface area contributed by atoms with Gasteiger partial charge in [-0.05, 0) is 44.4 Å². The van der Waals surface area contributed by atoms with E-state index in [1.807, 2.05) is 18.7 Å². The molecule has 0 radical (unpaired) electrons. The number of halogens is 1. The molecule has 5 nitrogen and oxygen atoms in total. The summed E-state index contributed by atoms with van der Waals surface area (Å²) in [5, 5.41) is 0. The molecule has 1 atom stereocenters. The van der Waals surface area contributed by atoms with E-state index in [2.05, 4.69) is 0 Å². The average molecular weight is 335 g/mol. The first-order chi connectivity index (χ1) is 11.4. The third-order valence-electron chi connectivity index (χ3n) is 4.54. The number of aryl methyl sites for hydroxylation is 1. The van der Waals surface area contributed by atoms with Crippen LogP contribution in [-0.2, 0) is 16.0 Å². The van der Waals surface area contributed by atoms with Crippen molar-refractivity contribution in [1.29, 1.82) is 0 Å². The minimum atomic E-state index is -0.417. The number of rotatable bonds is 6. The van der Waals surface area contributed by atoms with Crippen molar-refractivity contribution in [2.75, 3.05) is 19.6 Å². The van der Waals surface area contributed by atoms with E-state index in [-0.39, 0.29) is 23.7 Å². The summed E-state index contributed by atoms with van der Waals surface area (Å²) in [4.78, 5) is 27.8. The molecule has 1 heterocycles. The molecule has 0 saturated carbocycles. The van der Waals surface area contributed by atoms with Crippen molar-refractivity contribution < 1.29 is 14.0 Å². The lowest BCUT2D eigenvalue weighted by Gasteiger charge is -2.42. The molecular weight excluding hydrogens is 309 g/mol. The van der Waals surface area contributed by atoms with Gasteiger partial charge in [-0.2, -0.15) is 0 Å². The summed E-state index contributed by atoms with van der Waals surface area (Å²) in [6.07, 6.45) is 1.86. The maximum Gasteiger partial charge on any atom is 0.236 e. The van der Waals surface area contributed by atoms with E-state index in [1.54, 1.807) is 17.0 Å². The van der Waals surface area contributed by atoms with Crippen LogP contribution in [0.5, 0.6) is 0 Å². The van der Waals surface area contributed by atoms with Crippen LogP contribution in [0.3, 0.4) is 0 Å². The van der Waals surface area contributed by atoms with Crippen LogP contribution in [0.2, 0.25) is 0 Å². The van der Waals surface area contributed by atoms with Crippen LogP contribution in [0.25, 0.3) is 0 Å². The number of carbonyl (C=O) groups is 2. The lowest BCUT2D eigenvalue weighted by atomic mass is 10.1. The molecule has 0 spiro atoms. The van der Waals surface area contributed by atoms with Crippen molar-refractivity contribution in [3.63, 3.8) is 0 Å². The third-order valence-corrected chi connectivity index (χ3v) is 4.54. The highest BCUT2D eigenvalue weighted by Crippen LogP contribution is 2.15. The van der Waals surface area contributed by atoms with E-state index < -0.39 is 6.04 Å². The summed E-state index contributed by atoms with van der Waals surface area (Å²) < 4.78 is 12.9. The molecule has 1 saturated heterocycles. The highest BCUT2D eigenvalue weighted by atomic mass is 19.1. The molecule has 1 fully saturated rings. The summed E-state index contributed by atoms with van der Waals surface area (Å²) in [5.41, 5.74) is 6.51. The quantitative estimate of drug-likeness (QED) is 0.858. The normalized spacial score (nSPS) is 18.8. The molecule has 2 amide bonds. The number of hydrogen-bond acceptors (Lipinski definition) is 3. The summed E-state index contributed by atoms with van der Waals surface area (Å²) in [5.74, 6) is -0.588. The zero-order valence-corrected chi connectivity index (χ0v) is 14.4. The summed E-state index contributed by atoms with van der Waals surface area (Å²) >= 11 is 0. The highest BCUT2D eigenvalue weighted by molar-refractivity contribution is 5.82. The second-order valence-corrected chi connectivity index (χ2v) is 6.57. The Balaban J connectivity index is 1.84. The van der Waals surface area contributed by atoms with Gasteiger partial charge >= 0.3 is 0 Å². The van der Waals surface area contributed by atoms with Crippen LogP contribution in [-0.4, -0.2) is 53.3 Å². The van der Waals surface area contributed by atoms with Gasteiger partial charge in [0.2, 0.25) is 11.8 Å². The van der Waals surface area contributed by atoms with Crippen LogP contribution in [0, 0.1) is 5.82 Å². The Morgan fingerprint density at radius 1 is 1.25 bits per heavy atom. The van der Waals surface area contributed by atoms with Gasteiger partial charge in [0.15, 0.2) is 0 Å². The van der Waals surface area contributed by atoms with Gasteiger partial charge in [0.25, 0.3) is 0 Å². The van der Waals surface area contributed by atoms with Crippen molar-refractivity contribution >= 4 is 11.8 Å². The number of piperazine rings is 1. The molecule has 1 aromatic carbocycles. The predicted molar refractivity (Wildman–Crippen MR) is 90.7 cm³/mol. The Morgan fingerprint density at radius 3 is 2.50 bits per heavy atom. The van der Waals surface area contributed by atoms with Gasteiger partial charge < -0.3 is 10.6 Å². The molecule has 2 rings (SSSR count). The van der Waals surface area contributed by atoms with Crippen molar-refractivity contribution in [1.82, 2.24) is 9.80 Å². The van der Waals surface area contributed by atoms with Crippen LogP contribution < -0.4 is 5.73 Å². The highest BCUT2D eigenvalue weighted by Gasteiger charge is 2.33. The Hall–Kier alpha value is -1.95. The lowest BCUT2D eigenvalue weighted by Crippen LogP contribution is -2.61. The smallest absolute Gasteiger partial charge is 0.236 e. The summed E-state index contributed by atoms with van der Waals surface area (Å²) in [6.45, 7) is 5.70. The third kappa shape index (κ3) is 4.77. The van der Waals surface area contributed by atoms with Crippen LogP contribution in [0.15, 0.2) is 24.3 Å². The number of primary amides is 1. The second kappa shape index (κ2) is 8.24. The molecule has 1 aliphatic heterocycles. The second-order valence-electron chi connectivity index (χ2n) is 6.57. The molecule has 0 unspecified atom stereocenters. The maximum atomic E-state index is 12.9. The van der Waals surface area contributed by atoms with E-state index >= 15 is 0 Å². The molecule has 132 valence electrons. The Morgan fingerprint density at radius 2 is 1.92 bits per heavy atom. The van der Waals surface area contributed by atoms with Gasteiger partial charge in [-0.25, -0.2) is 4.39 Å². The van der Waals surface area contributed by atoms with Crippen molar-refractivity contribution in [2.24, 2.45) is 5.73 Å². The number of amides is 2. The first kappa shape index (κ1) is 18.4. The number of benzene rings is 1. The monoisotopic (exact) mass is 335 g/mol. The Bertz CT molecular complexity index is 574. The van der Waals surface area contributed by atoms with E-state index in [0.29, 0.717) is 32.5 Å². The van der Waals surface area contributed by atoms with Gasteiger partial charge in [-0.3, -0.25) is 14.5 Å².